The second-order valence-electron chi connectivity index (χ2n) is 4.87. The van der Waals surface area contributed by atoms with Crippen LogP contribution in [0.15, 0.2) is 16.7 Å². The summed E-state index contributed by atoms with van der Waals surface area (Å²) in [5.74, 6) is 0.190. The summed E-state index contributed by atoms with van der Waals surface area (Å²) in [5, 5.41) is 12.3. The van der Waals surface area contributed by atoms with Crippen LogP contribution in [0.2, 0.25) is 5.15 Å². The van der Waals surface area contributed by atoms with Crippen LogP contribution in [0.4, 0.5) is 0 Å². The Hall–Kier alpha value is -0.650. The van der Waals surface area contributed by atoms with E-state index in [-0.39, 0.29) is 23.7 Å². The number of nitrogens with zero attached hydrogens (tertiary/aromatic N) is 1. The van der Waals surface area contributed by atoms with Crippen LogP contribution in [0.3, 0.4) is 0 Å². The fourth-order valence-electron chi connectivity index (χ4n) is 2.33. The lowest BCUT2D eigenvalue weighted by Gasteiger charge is -2.28. The van der Waals surface area contributed by atoms with E-state index in [1.807, 2.05) is 0 Å². The van der Waals surface area contributed by atoms with Crippen molar-refractivity contribution in [3.63, 3.8) is 0 Å². The molecule has 0 aromatic carbocycles. The van der Waals surface area contributed by atoms with Gasteiger partial charge in [-0.3, -0.25) is 4.79 Å². The summed E-state index contributed by atoms with van der Waals surface area (Å²) in [7, 11) is 0. The molecule has 104 valence electrons. The molecule has 0 bridgehead atoms. The second kappa shape index (κ2) is 6.68. The van der Waals surface area contributed by atoms with Gasteiger partial charge in [0.2, 0.25) is 0 Å². The van der Waals surface area contributed by atoms with Gasteiger partial charge < -0.3 is 10.4 Å². The molecule has 19 heavy (non-hydrogen) atoms. The first kappa shape index (κ1) is 14.8. The van der Waals surface area contributed by atoms with E-state index in [4.69, 9.17) is 16.7 Å². The quantitative estimate of drug-likeness (QED) is 0.827. The highest BCUT2D eigenvalue weighted by atomic mass is 79.9. The number of halogens is 2. The molecule has 1 saturated carbocycles. The maximum absolute atomic E-state index is 12.1. The molecule has 2 rings (SSSR count). The third-order valence-electron chi connectivity index (χ3n) is 3.49. The lowest BCUT2D eigenvalue weighted by atomic mass is 9.86. The standard InChI is InChI=1S/C13H16BrClN2O2/c14-9-5-11(12(15)16-6-9)13(19)17-10-3-1-8(7-18)2-4-10/h5-6,8,10,18H,1-4,7H2,(H,17,19). The van der Waals surface area contributed by atoms with E-state index in [1.165, 1.54) is 0 Å². The topological polar surface area (TPSA) is 62.2 Å². The molecule has 4 nitrogen and oxygen atoms in total. The summed E-state index contributed by atoms with van der Waals surface area (Å²) in [6, 6.07) is 1.83. The molecule has 0 aliphatic heterocycles. The van der Waals surface area contributed by atoms with Crippen LogP contribution in [0.5, 0.6) is 0 Å². The van der Waals surface area contributed by atoms with Crippen molar-refractivity contribution in [2.24, 2.45) is 5.92 Å². The minimum Gasteiger partial charge on any atom is -0.396 e. The molecule has 0 spiro atoms. The summed E-state index contributed by atoms with van der Waals surface area (Å²) < 4.78 is 0.728. The molecule has 1 fully saturated rings. The van der Waals surface area contributed by atoms with Gasteiger partial charge in [0.25, 0.3) is 5.91 Å². The summed E-state index contributed by atoms with van der Waals surface area (Å²) in [6.07, 6.45) is 5.26. The van der Waals surface area contributed by atoms with Crippen molar-refractivity contribution < 1.29 is 9.90 Å². The van der Waals surface area contributed by atoms with Gasteiger partial charge in [0.1, 0.15) is 5.15 Å². The predicted molar refractivity (Wildman–Crippen MR) is 77.2 cm³/mol. The zero-order valence-electron chi connectivity index (χ0n) is 10.4. The molecule has 2 N–H and O–H groups in total. The average Bonchev–Trinajstić information content (AvgIpc) is 2.42. The van der Waals surface area contributed by atoms with Gasteiger partial charge in [-0.15, -0.1) is 0 Å². The number of carbonyl (C=O) groups excluding carboxylic acids is 1. The van der Waals surface area contributed by atoms with E-state index in [9.17, 15) is 4.79 Å². The molecule has 6 heteroatoms. The highest BCUT2D eigenvalue weighted by molar-refractivity contribution is 9.10. The van der Waals surface area contributed by atoms with Crippen LogP contribution in [0.25, 0.3) is 0 Å². The highest BCUT2D eigenvalue weighted by Gasteiger charge is 2.23. The molecular weight excluding hydrogens is 332 g/mol. The molecule has 1 aromatic rings. The van der Waals surface area contributed by atoms with E-state index in [1.54, 1.807) is 12.3 Å². The lowest BCUT2D eigenvalue weighted by Crippen LogP contribution is -2.38. The summed E-state index contributed by atoms with van der Waals surface area (Å²) in [6.45, 7) is 0.238. The van der Waals surface area contributed by atoms with Crippen LogP contribution in [0.1, 0.15) is 36.0 Å². The van der Waals surface area contributed by atoms with Crippen LogP contribution in [-0.4, -0.2) is 28.6 Å². The Balaban J connectivity index is 1.96. The molecule has 0 atom stereocenters. The molecule has 1 aliphatic rings. The van der Waals surface area contributed by atoms with Gasteiger partial charge in [-0.2, -0.15) is 0 Å². The molecule has 0 unspecified atom stereocenters. The van der Waals surface area contributed by atoms with E-state index in [2.05, 4.69) is 26.2 Å². The molecule has 0 radical (unpaired) electrons. The van der Waals surface area contributed by atoms with Crippen molar-refractivity contribution in [3.05, 3.63) is 27.5 Å². The van der Waals surface area contributed by atoms with Crippen molar-refractivity contribution in [2.45, 2.75) is 31.7 Å². The Morgan fingerprint density at radius 1 is 1.47 bits per heavy atom. The van der Waals surface area contributed by atoms with Crippen molar-refractivity contribution in [1.82, 2.24) is 10.3 Å². The van der Waals surface area contributed by atoms with E-state index in [0.29, 0.717) is 11.5 Å². The van der Waals surface area contributed by atoms with E-state index >= 15 is 0 Å². The largest absolute Gasteiger partial charge is 0.396 e. The normalized spacial score (nSPS) is 23.1. The van der Waals surface area contributed by atoms with Crippen LogP contribution >= 0.6 is 27.5 Å². The summed E-state index contributed by atoms with van der Waals surface area (Å²) in [5.41, 5.74) is 0.389. The number of pyridine rings is 1. The third-order valence-corrected chi connectivity index (χ3v) is 4.23. The number of aliphatic hydroxyl groups is 1. The monoisotopic (exact) mass is 346 g/mol. The van der Waals surface area contributed by atoms with E-state index < -0.39 is 0 Å². The third kappa shape index (κ3) is 3.91. The minimum absolute atomic E-state index is 0.158. The zero-order chi connectivity index (χ0) is 13.8. The average molecular weight is 348 g/mol. The number of amides is 1. The Kier molecular flexibility index (Phi) is 5.19. The predicted octanol–water partition coefficient (Wildman–Crippen LogP) is 2.78. The number of nitrogens with one attached hydrogen (secondary N) is 1. The number of hydrogen-bond donors (Lipinski definition) is 2. The number of rotatable bonds is 3. The van der Waals surface area contributed by atoms with Crippen LogP contribution in [0, 0.1) is 5.92 Å². The molecule has 1 heterocycles. The molecule has 1 amide bonds. The Bertz CT molecular complexity index is 462. The van der Waals surface area contributed by atoms with Crippen molar-refractivity contribution in [1.29, 1.82) is 0 Å². The van der Waals surface area contributed by atoms with Crippen molar-refractivity contribution in [3.8, 4) is 0 Å². The summed E-state index contributed by atoms with van der Waals surface area (Å²) >= 11 is 9.21. The van der Waals surface area contributed by atoms with E-state index in [0.717, 1.165) is 30.2 Å². The minimum atomic E-state index is -0.189. The second-order valence-corrected chi connectivity index (χ2v) is 6.14. The first-order valence-electron chi connectivity index (χ1n) is 6.33. The van der Waals surface area contributed by atoms with Crippen LogP contribution in [-0.2, 0) is 0 Å². The lowest BCUT2D eigenvalue weighted by molar-refractivity contribution is 0.0913. The van der Waals surface area contributed by atoms with Gasteiger partial charge >= 0.3 is 0 Å². The van der Waals surface area contributed by atoms with Crippen LogP contribution < -0.4 is 5.32 Å². The number of aliphatic hydroxyl groups excluding tert-OH is 1. The smallest absolute Gasteiger partial charge is 0.254 e. The van der Waals surface area contributed by atoms with Gasteiger partial charge in [0.05, 0.1) is 5.56 Å². The number of hydrogen-bond acceptors (Lipinski definition) is 3. The Morgan fingerprint density at radius 3 is 2.79 bits per heavy atom. The zero-order valence-corrected chi connectivity index (χ0v) is 12.7. The van der Waals surface area contributed by atoms with Gasteiger partial charge in [-0.05, 0) is 53.6 Å². The Morgan fingerprint density at radius 2 is 2.16 bits per heavy atom. The van der Waals surface area contributed by atoms with Gasteiger partial charge in [0, 0.05) is 23.3 Å². The van der Waals surface area contributed by atoms with Gasteiger partial charge in [0.15, 0.2) is 0 Å². The van der Waals surface area contributed by atoms with Crippen molar-refractivity contribution in [2.75, 3.05) is 6.61 Å². The van der Waals surface area contributed by atoms with Gasteiger partial charge in [-0.1, -0.05) is 11.6 Å². The molecule has 1 aliphatic carbocycles. The maximum Gasteiger partial charge on any atom is 0.254 e. The fraction of sp³-hybridized carbons (Fsp3) is 0.538. The number of aromatic nitrogens is 1. The first-order valence-corrected chi connectivity index (χ1v) is 7.50. The van der Waals surface area contributed by atoms with Gasteiger partial charge in [-0.25, -0.2) is 4.98 Å². The summed E-state index contributed by atoms with van der Waals surface area (Å²) in [4.78, 5) is 16.1. The fourth-order valence-corrected chi connectivity index (χ4v) is 2.85. The maximum atomic E-state index is 12.1. The Labute approximate surface area is 125 Å². The van der Waals surface area contributed by atoms with Crippen molar-refractivity contribution >= 4 is 33.4 Å². The SMILES string of the molecule is O=C(NC1CCC(CO)CC1)c1cc(Br)cnc1Cl. The first-order chi connectivity index (χ1) is 9.10. The number of carbonyl (C=O) groups is 1. The molecular formula is C13H16BrClN2O2. The molecule has 1 aromatic heterocycles. The highest BCUT2D eigenvalue weighted by Crippen LogP contribution is 2.24. The molecule has 0 saturated heterocycles.